The Morgan fingerprint density at radius 1 is 1.05 bits per heavy atom. The number of ether oxygens (including phenoxy) is 1. The first kappa shape index (κ1) is 27.0. The lowest BCUT2D eigenvalue weighted by atomic mass is 9.94. The third-order valence-corrected chi connectivity index (χ3v) is 8.37. The summed E-state index contributed by atoms with van der Waals surface area (Å²) in [7, 11) is 3.34. The van der Waals surface area contributed by atoms with Crippen molar-refractivity contribution in [1.82, 2.24) is 14.5 Å². The van der Waals surface area contributed by atoms with Crippen molar-refractivity contribution in [2.24, 2.45) is 0 Å². The topological polar surface area (TPSA) is 47.4 Å². The molecule has 0 radical (unpaired) electrons. The average Bonchev–Trinajstić information content (AvgIpc) is 3.33. The number of pyridine rings is 2. The molecule has 39 heavy (non-hydrogen) atoms. The molecule has 0 N–H and O–H groups in total. The molecule has 2 aromatic heterocycles. The summed E-state index contributed by atoms with van der Waals surface area (Å²) in [6.07, 6.45) is 3.41. The van der Waals surface area contributed by atoms with E-state index in [4.69, 9.17) is 4.74 Å². The van der Waals surface area contributed by atoms with E-state index < -0.39 is 17.5 Å². The fraction of sp³-hybridized carbons (Fsp3) is 0.267. The number of nitrogens with zero attached hydrogens (tertiary/aromatic N) is 3. The van der Waals surface area contributed by atoms with Gasteiger partial charge in [0.2, 0.25) is 0 Å². The van der Waals surface area contributed by atoms with Gasteiger partial charge in [-0.25, -0.2) is 13.2 Å². The van der Waals surface area contributed by atoms with Gasteiger partial charge >= 0.3 is 0 Å². The third kappa shape index (κ3) is 5.21. The lowest BCUT2D eigenvalue weighted by Gasteiger charge is -2.24. The Hall–Kier alpha value is -3.56. The summed E-state index contributed by atoms with van der Waals surface area (Å²) in [5, 5.41) is 0.662. The Labute approximate surface area is 229 Å². The highest BCUT2D eigenvalue weighted by molar-refractivity contribution is 7.99. The molecule has 3 heterocycles. The van der Waals surface area contributed by atoms with Crippen LogP contribution in [0.5, 0.6) is 5.75 Å². The second-order valence-electron chi connectivity index (χ2n) is 9.67. The van der Waals surface area contributed by atoms with Crippen LogP contribution in [0, 0.1) is 24.4 Å². The summed E-state index contributed by atoms with van der Waals surface area (Å²) >= 11 is 1.49. The molecule has 5 rings (SSSR count). The molecule has 2 aromatic carbocycles. The number of likely N-dealkylation sites (N-methyl/N-ethyl adjacent to an activating group) is 1. The Bertz CT molecular complexity index is 1560. The number of hydrogen-bond acceptors (Lipinski definition) is 5. The zero-order valence-corrected chi connectivity index (χ0v) is 22.7. The van der Waals surface area contributed by atoms with Crippen molar-refractivity contribution in [2.75, 3.05) is 26.5 Å². The fourth-order valence-electron chi connectivity index (χ4n) is 5.19. The maximum Gasteiger partial charge on any atom is 0.260 e. The fourth-order valence-corrected chi connectivity index (χ4v) is 6.57. The lowest BCUT2D eigenvalue weighted by molar-refractivity contribution is 0.276. The van der Waals surface area contributed by atoms with Crippen molar-refractivity contribution in [3.05, 3.63) is 111 Å². The molecule has 5 nitrogen and oxygen atoms in total. The van der Waals surface area contributed by atoms with Crippen LogP contribution in [0.2, 0.25) is 0 Å². The average molecular weight is 552 g/mol. The molecule has 4 aromatic rings. The van der Waals surface area contributed by atoms with Crippen LogP contribution in [0.25, 0.3) is 11.1 Å². The van der Waals surface area contributed by atoms with Gasteiger partial charge in [-0.05, 0) is 61.0 Å². The highest BCUT2D eigenvalue weighted by Gasteiger charge is 2.32. The van der Waals surface area contributed by atoms with E-state index in [1.54, 1.807) is 30.0 Å². The highest BCUT2D eigenvalue weighted by Crippen LogP contribution is 2.41. The first-order valence-electron chi connectivity index (χ1n) is 12.5. The molecular formula is C30H28F3N3O2S. The van der Waals surface area contributed by atoms with E-state index in [2.05, 4.69) is 9.88 Å². The van der Waals surface area contributed by atoms with Crippen LogP contribution in [0.1, 0.15) is 28.3 Å². The number of rotatable bonds is 8. The first-order chi connectivity index (χ1) is 18.8. The normalized spacial score (nSPS) is 14.6. The zero-order chi connectivity index (χ0) is 27.7. The molecule has 9 heteroatoms. The predicted molar refractivity (Wildman–Crippen MR) is 147 cm³/mol. The molecule has 0 bridgehead atoms. The van der Waals surface area contributed by atoms with Gasteiger partial charge in [0.05, 0.1) is 23.7 Å². The van der Waals surface area contributed by atoms with Crippen LogP contribution >= 0.6 is 11.8 Å². The summed E-state index contributed by atoms with van der Waals surface area (Å²) in [5.74, 6) is -1.36. The molecule has 1 atom stereocenters. The molecule has 1 aliphatic rings. The molecule has 1 aliphatic heterocycles. The van der Waals surface area contributed by atoms with E-state index in [1.165, 1.54) is 49.2 Å². The minimum Gasteiger partial charge on any atom is -0.494 e. The van der Waals surface area contributed by atoms with Crippen LogP contribution < -0.4 is 10.3 Å². The SMILES string of the molecule is COc1cccc(-c2c(C)c(Cc3c(F)cccc3F)c3n(c2=O)C(CN(C)Cc2ccncc2)CS3)c1F. The summed E-state index contributed by atoms with van der Waals surface area (Å²) < 4.78 is 51.8. The van der Waals surface area contributed by atoms with Gasteiger partial charge in [-0.3, -0.25) is 14.3 Å². The molecule has 1 unspecified atom stereocenters. The van der Waals surface area contributed by atoms with Crippen LogP contribution in [0.4, 0.5) is 13.2 Å². The monoisotopic (exact) mass is 551 g/mol. The molecule has 202 valence electrons. The molecular weight excluding hydrogens is 523 g/mol. The van der Waals surface area contributed by atoms with E-state index in [9.17, 15) is 13.6 Å². The summed E-state index contributed by atoms with van der Waals surface area (Å²) in [6.45, 7) is 2.93. The van der Waals surface area contributed by atoms with E-state index >= 15 is 4.39 Å². The van der Waals surface area contributed by atoms with Gasteiger partial charge in [0, 0.05) is 48.8 Å². The van der Waals surface area contributed by atoms with Crippen LogP contribution in [0.3, 0.4) is 0 Å². The summed E-state index contributed by atoms with van der Waals surface area (Å²) in [4.78, 5) is 20.3. The molecule has 0 saturated heterocycles. The first-order valence-corrected chi connectivity index (χ1v) is 13.5. The van der Waals surface area contributed by atoms with Crippen molar-refractivity contribution in [3.63, 3.8) is 0 Å². The van der Waals surface area contributed by atoms with Gasteiger partial charge in [-0.1, -0.05) is 18.2 Å². The van der Waals surface area contributed by atoms with Gasteiger partial charge in [-0.15, -0.1) is 11.8 Å². The smallest absolute Gasteiger partial charge is 0.260 e. The minimum atomic E-state index is -0.662. The van der Waals surface area contributed by atoms with E-state index in [0.29, 0.717) is 35.0 Å². The molecule has 0 fully saturated rings. The van der Waals surface area contributed by atoms with Crippen molar-refractivity contribution < 1.29 is 17.9 Å². The predicted octanol–water partition coefficient (Wildman–Crippen LogP) is 6.01. The van der Waals surface area contributed by atoms with Gasteiger partial charge in [0.15, 0.2) is 11.6 Å². The maximum absolute atomic E-state index is 15.5. The van der Waals surface area contributed by atoms with Crippen LogP contribution in [-0.2, 0) is 13.0 Å². The number of benzene rings is 2. The Morgan fingerprint density at radius 2 is 1.74 bits per heavy atom. The Balaban J connectivity index is 1.64. The number of hydrogen-bond donors (Lipinski definition) is 0. The Kier molecular flexibility index (Phi) is 7.81. The number of thioether (sulfide) groups is 1. The van der Waals surface area contributed by atoms with Crippen molar-refractivity contribution in [3.8, 4) is 16.9 Å². The van der Waals surface area contributed by atoms with Gasteiger partial charge in [0.1, 0.15) is 11.6 Å². The number of fused-ring (bicyclic) bond motifs is 1. The number of halogens is 3. The van der Waals surface area contributed by atoms with Gasteiger partial charge < -0.3 is 9.64 Å². The van der Waals surface area contributed by atoms with E-state index in [0.717, 1.165) is 5.56 Å². The second-order valence-corrected chi connectivity index (χ2v) is 10.7. The number of aromatic nitrogens is 2. The van der Waals surface area contributed by atoms with E-state index in [-0.39, 0.29) is 40.5 Å². The van der Waals surface area contributed by atoms with Crippen molar-refractivity contribution in [2.45, 2.75) is 31.0 Å². The molecule has 0 aliphatic carbocycles. The lowest BCUT2D eigenvalue weighted by Crippen LogP contribution is -2.34. The van der Waals surface area contributed by atoms with Crippen molar-refractivity contribution >= 4 is 11.8 Å². The van der Waals surface area contributed by atoms with Gasteiger partial charge in [-0.2, -0.15) is 0 Å². The summed E-state index contributed by atoms with van der Waals surface area (Å²) in [5.41, 5.74) is 2.05. The zero-order valence-electron chi connectivity index (χ0n) is 21.9. The van der Waals surface area contributed by atoms with Gasteiger partial charge in [0.25, 0.3) is 5.56 Å². The Morgan fingerprint density at radius 3 is 2.44 bits per heavy atom. The van der Waals surface area contributed by atoms with Crippen molar-refractivity contribution in [1.29, 1.82) is 0 Å². The number of methoxy groups -OCH3 is 1. The third-order valence-electron chi connectivity index (χ3n) is 7.11. The quantitative estimate of drug-likeness (QED) is 0.268. The standard InChI is InChI=1S/C30H28F3N3O2S/c1-18-22(14-23-24(31)7-5-8-25(23)32)30-36(29(37)27(18)21-6-4-9-26(38-3)28(21)33)20(17-39-30)16-35(2)15-19-10-12-34-13-11-19/h4-13,20H,14-17H2,1-3H3. The largest absolute Gasteiger partial charge is 0.494 e. The minimum absolute atomic E-state index is 0.0153. The van der Waals surface area contributed by atoms with Crippen LogP contribution in [-0.4, -0.2) is 40.9 Å². The highest BCUT2D eigenvalue weighted by atomic mass is 32.2. The molecule has 0 amide bonds. The van der Waals surface area contributed by atoms with E-state index in [1.807, 2.05) is 19.2 Å². The molecule has 0 saturated carbocycles. The summed E-state index contributed by atoms with van der Waals surface area (Å²) in [6, 6.07) is 12.1. The maximum atomic E-state index is 15.5. The van der Waals surface area contributed by atoms with Crippen LogP contribution in [0.15, 0.2) is 70.7 Å². The molecule has 0 spiro atoms. The second kappa shape index (κ2) is 11.3.